The van der Waals surface area contributed by atoms with Gasteiger partial charge in [0.05, 0.1) is 18.2 Å². The molecule has 1 fully saturated rings. The third-order valence-electron chi connectivity index (χ3n) is 4.98. The molecule has 0 aliphatic heterocycles. The summed E-state index contributed by atoms with van der Waals surface area (Å²) in [6.07, 6.45) is 3.45. The molecule has 0 radical (unpaired) electrons. The maximum Gasteiger partial charge on any atom is 0.307 e. The van der Waals surface area contributed by atoms with Crippen LogP contribution in [0.2, 0.25) is 0 Å². The number of halogens is 3. The van der Waals surface area contributed by atoms with Crippen LogP contribution in [0.5, 0.6) is 5.75 Å². The zero-order valence-electron chi connectivity index (χ0n) is 16.9. The molecule has 1 aliphatic rings. The highest BCUT2D eigenvalue weighted by Crippen LogP contribution is 2.33. The van der Waals surface area contributed by atoms with Crippen molar-refractivity contribution in [1.82, 2.24) is 9.97 Å². The Morgan fingerprint density at radius 1 is 1.16 bits per heavy atom. The van der Waals surface area contributed by atoms with Crippen LogP contribution < -0.4 is 10.1 Å². The van der Waals surface area contributed by atoms with E-state index in [0.717, 1.165) is 18.4 Å². The summed E-state index contributed by atoms with van der Waals surface area (Å²) in [6, 6.07) is 9.50. The van der Waals surface area contributed by atoms with Gasteiger partial charge in [-0.25, -0.2) is 18.7 Å². The summed E-state index contributed by atoms with van der Waals surface area (Å²) in [6.45, 7) is 0.277. The number of aliphatic carboxylic acids is 1. The molecule has 1 aliphatic carbocycles. The molecule has 0 atom stereocenters. The first kappa shape index (κ1) is 22.1. The van der Waals surface area contributed by atoms with Crippen molar-refractivity contribution in [3.8, 4) is 17.0 Å². The molecule has 0 amide bonds. The second kappa shape index (κ2) is 9.60. The van der Waals surface area contributed by atoms with Crippen molar-refractivity contribution in [2.75, 3.05) is 11.9 Å². The molecule has 32 heavy (non-hydrogen) atoms. The minimum atomic E-state index is -0.925. The van der Waals surface area contributed by atoms with E-state index < -0.39 is 17.6 Å². The predicted octanol–water partition coefficient (Wildman–Crippen LogP) is 5.01. The summed E-state index contributed by atoms with van der Waals surface area (Å²) >= 11 is 3.07. The molecule has 3 aromatic rings. The number of benzene rings is 2. The zero-order valence-corrected chi connectivity index (χ0v) is 18.5. The molecule has 1 aromatic heterocycles. The van der Waals surface area contributed by atoms with Crippen molar-refractivity contribution in [1.29, 1.82) is 0 Å². The molecule has 1 heterocycles. The van der Waals surface area contributed by atoms with Crippen LogP contribution in [0.3, 0.4) is 0 Å². The first-order valence-corrected chi connectivity index (χ1v) is 10.9. The van der Waals surface area contributed by atoms with Gasteiger partial charge in [0.2, 0.25) is 0 Å². The quantitative estimate of drug-likeness (QED) is 0.427. The normalized spacial score (nSPS) is 13.1. The maximum absolute atomic E-state index is 14.0. The first-order valence-electron chi connectivity index (χ1n) is 10.1. The number of hydrogen-bond donors (Lipinski definition) is 2. The van der Waals surface area contributed by atoms with Crippen LogP contribution in [0.15, 0.2) is 47.2 Å². The summed E-state index contributed by atoms with van der Waals surface area (Å²) < 4.78 is 34.2. The van der Waals surface area contributed by atoms with Gasteiger partial charge in [-0.1, -0.05) is 28.1 Å². The number of carbonyl (C=O) groups is 1. The third kappa shape index (κ3) is 5.59. The van der Waals surface area contributed by atoms with Gasteiger partial charge in [-0.3, -0.25) is 4.79 Å². The molecule has 0 spiro atoms. The summed E-state index contributed by atoms with van der Waals surface area (Å²) in [4.78, 5) is 19.6. The summed E-state index contributed by atoms with van der Waals surface area (Å²) in [7, 11) is 0. The third-order valence-corrected chi connectivity index (χ3v) is 5.43. The standard InChI is InChI=1S/C23H20BrF2N3O3/c24-15-9-18(25)17(19(26)10-15)5-6-27-22-11-20(28-12-29-22)13-1-2-14(8-23(30)31)21(7-13)32-16-3-4-16/h1-2,7,9-12,16H,3-6,8H2,(H,30,31)(H,27,28,29). The highest BCUT2D eigenvalue weighted by Gasteiger charge is 2.25. The number of aromatic nitrogens is 2. The van der Waals surface area contributed by atoms with E-state index in [2.05, 4.69) is 31.2 Å². The Morgan fingerprint density at radius 2 is 1.91 bits per heavy atom. The van der Waals surface area contributed by atoms with Crippen LogP contribution >= 0.6 is 15.9 Å². The Balaban J connectivity index is 1.48. The number of anilines is 1. The van der Waals surface area contributed by atoms with Gasteiger partial charge in [0, 0.05) is 33.8 Å². The second-order valence-corrected chi connectivity index (χ2v) is 8.44. The Hall–Kier alpha value is -3.07. The number of ether oxygens (including phenoxy) is 1. The van der Waals surface area contributed by atoms with Gasteiger partial charge >= 0.3 is 5.97 Å². The average Bonchev–Trinajstić information content (AvgIpc) is 3.55. The lowest BCUT2D eigenvalue weighted by Gasteiger charge is -2.12. The van der Waals surface area contributed by atoms with Crippen molar-refractivity contribution in [2.24, 2.45) is 0 Å². The Kier molecular flexibility index (Phi) is 6.64. The summed E-state index contributed by atoms with van der Waals surface area (Å²) in [5.74, 6) is -1.09. The lowest BCUT2D eigenvalue weighted by atomic mass is 10.1. The maximum atomic E-state index is 14.0. The van der Waals surface area contributed by atoms with Crippen LogP contribution in [0.25, 0.3) is 11.3 Å². The van der Waals surface area contributed by atoms with Crippen molar-refractivity contribution >= 4 is 27.7 Å². The molecular formula is C23H20BrF2N3O3. The molecule has 0 unspecified atom stereocenters. The fraction of sp³-hybridized carbons (Fsp3) is 0.261. The van der Waals surface area contributed by atoms with E-state index in [1.54, 1.807) is 24.3 Å². The SMILES string of the molecule is O=C(O)Cc1ccc(-c2cc(NCCc3c(F)cc(Br)cc3F)ncn2)cc1OC1CC1. The molecule has 2 N–H and O–H groups in total. The van der Waals surface area contributed by atoms with E-state index in [0.29, 0.717) is 27.3 Å². The highest BCUT2D eigenvalue weighted by molar-refractivity contribution is 9.10. The van der Waals surface area contributed by atoms with E-state index in [1.807, 2.05) is 0 Å². The molecule has 0 saturated heterocycles. The fourth-order valence-electron chi connectivity index (χ4n) is 3.24. The predicted molar refractivity (Wildman–Crippen MR) is 119 cm³/mol. The van der Waals surface area contributed by atoms with Crippen LogP contribution in [0.1, 0.15) is 24.0 Å². The molecule has 0 bridgehead atoms. The van der Waals surface area contributed by atoms with Crippen molar-refractivity contribution in [2.45, 2.75) is 31.8 Å². The van der Waals surface area contributed by atoms with Gasteiger partial charge in [0.1, 0.15) is 29.5 Å². The van der Waals surface area contributed by atoms with E-state index in [-0.39, 0.29) is 31.1 Å². The van der Waals surface area contributed by atoms with Gasteiger partial charge in [-0.2, -0.15) is 0 Å². The molecule has 9 heteroatoms. The highest BCUT2D eigenvalue weighted by atomic mass is 79.9. The monoisotopic (exact) mass is 503 g/mol. The molecule has 4 rings (SSSR count). The van der Waals surface area contributed by atoms with Crippen molar-refractivity contribution < 1.29 is 23.4 Å². The molecular weight excluding hydrogens is 484 g/mol. The Morgan fingerprint density at radius 3 is 2.59 bits per heavy atom. The van der Waals surface area contributed by atoms with E-state index in [9.17, 15) is 13.6 Å². The smallest absolute Gasteiger partial charge is 0.307 e. The van der Waals surface area contributed by atoms with Gasteiger partial charge in [-0.15, -0.1) is 0 Å². The molecule has 1 saturated carbocycles. The minimum Gasteiger partial charge on any atom is -0.490 e. The van der Waals surface area contributed by atoms with Crippen LogP contribution in [0, 0.1) is 11.6 Å². The fourth-order valence-corrected chi connectivity index (χ4v) is 3.64. The molecule has 6 nitrogen and oxygen atoms in total. The molecule has 166 valence electrons. The van der Waals surface area contributed by atoms with Crippen molar-refractivity contribution in [3.63, 3.8) is 0 Å². The van der Waals surface area contributed by atoms with E-state index in [1.165, 1.54) is 18.5 Å². The van der Waals surface area contributed by atoms with E-state index in [4.69, 9.17) is 9.84 Å². The van der Waals surface area contributed by atoms with Gasteiger partial charge < -0.3 is 15.2 Å². The van der Waals surface area contributed by atoms with Gasteiger partial charge in [0.25, 0.3) is 0 Å². The lowest BCUT2D eigenvalue weighted by Crippen LogP contribution is -2.09. The van der Waals surface area contributed by atoms with Crippen LogP contribution in [-0.2, 0) is 17.6 Å². The van der Waals surface area contributed by atoms with Gasteiger partial charge in [-0.05, 0) is 37.5 Å². The summed E-state index contributed by atoms with van der Waals surface area (Å²) in [5.41, 5.74) is 1.99. The van der Waals surface area contributed by atoms with Crippen LogP contribution in [-0.4, -0.2) is 33.7 Å². The number of nitrogens with one attached hydrogen (secondary N) is 1. The minimum absolute atomic E-state index is 0.00543. The number of carboxylic acids is 1. The largest absolute Gasteiger partial charge is 0.490 e. The number of rotatable bonds is 9. The van der Waals surface area contributed by atoms with Crippen LogP contribution in [0.4, 0.5) is 14.6 Å². The Labute approximate surface area is 191 Å². The topological polar surface area (TPSA) is 84.3 Å². The average molecular weight is 504 g/mol. The van der Waals surface area contributed by atoms with Gasteiger partial charge in [0.15, 0.2) is 0 Å². The molecule has 2 aromatic carbocycles. The second-order valence-electron chi connectivity index (χ2n) is 7.52. The Bertz CT molecular complexity index is 1130. The first-order chi connectivity index (χ1) is 15.4. The number of hydrogen-bond acceptors (Lipinski definition) is 5. The number of carboxylic acid groups (broad SMARTS) is 1. The lowest BCUT2D eigenvalue weighted by molar-refractivity contribution is -0.136. The van der Waals surface area contributed by atoms with Crippen molar-refractivity contribution in [3.05, 3.63) is 70.0 Å². The zero-order chi connectivity index (χ0) is 22.7. The number of nitrogens with zero attached hydrogens (tertiary/aromatic N) is 2. The van der Waals surface area contributed by atoms with E-state index >= 15 is 0 Å². The summed E-state index contributed by atoms with van der Waals surface area (Å²) in [5, 5.41) is 12.2.